The monoisotopic (exact) mass is 295 g/mol. The number of rotatable bonds is 5. The maximum Gasteiger partial charge on any atom is 0.147 e. The smallest absolute Gasteiger partial charge is 0.147 e. The van der Waals surface area contributed by atoms with Gasteiger partial charge in [0.15, 0.2) is 0 Å². The number of aromatic nitrogens is 2. The van der Waals surface area contributed by atoms with E-state index in [2.05, 4.69) is 35.4 Å². The van der Waals surface area contributed by atoms with E-state index in [1.807, 2.05) is 19.1 Å². The normalized spacial score (nSPS) is 12.6. The fourth-order valence-corrected chi connectivity index (χ4v) is 3.28. The first-order chi connectivity index (χ1) is 9.13. The van der Waals surface area contributed by atoms with E-state index in [9.17, 15) is 0 Å². The molecular formula is C14H18ClN3S. The molecule has 1 aromatic carbocycles. The molecule has 102 valence electrons. The highest BCUT2D eigenvalue weighted by atomic mass is 35.5. The van der Waals surface area contributed by atoms with Crippen molar-refractivity contribution in [2.45, 2.75) is 33.2 Å². The van der Waals surface area contributed by atoms with Gasteiger partial charge >= 0.3 is 0 Å². The molecule has 1 aromatic heterocycles. The quantitative estimate of drug-likeness (QED) is 0.897. The Hall–Kier alpha value is -0.970. The van der Waals surface area contributed by atoms with Crippen LogP contribution in [0.3, 0.4) is 0 Å². The highest BCUT2D eigenvalue weighted by Crippen LogP contribution is 2.30. The summed E-state index contributed by atoms with van der Waals surface area (Å²) in [5.41, 5.74) is 2.18. The summed E-state index contributed by atoms with van der Waals surface area (Å²) < 4.78 is 0. The Bertz CT molecular complexity index is 533. The Labute approximate surface area is 123 Å². The standard InChI is InChI=1S/C14H18ClN3S/c1-4-12(16-5-2)14-18-17-13(19-14)10-6-9(3)7-11(15)8-10/h6-8,12,16H,4-5H2,1-3H3. The van der Waals surface area contributed by atoms with Crippen LogP contribution >= 0.6 is 22.9 Å². The van der Waals surface area contributed by atoms with Gasteiger partial charge < -0.3 is 5.32 Å². The first-order valence-electron chi connectivity index (χ1n) is 6.48. The number of halogens is 1. The Morgan fingerprint density at radius 1 is 1.26 bits per heavy atom. The lowest BCUT2D eigenvalue weighted by Gasteiger charge is -2.10. The molecule has 0 spiro atoms. The van der Waals surface area contributed by atoms with E-state index >= 15 is 0 Å². The number of nitrogens with zero attached hydrogens (tertiary/aromatic N) is 2. The first-order valence-corrected chi connectivity index (χ1v) is 7.67. The first kappa shape index (κ1) is 14.4. The average Bonchev–Trinajstić information content (AvgIpc) is 2.84. The lowest BCUT2D eigenvalue weighted by atomic mass is 10.1. The molecule has 0 saturated heterocycles. The van der Waals surface area contributed by atoms with E-state index in [0.29, 0.717) is 0 Å². The molecule has 2 rings (SSSR count). The van der Waals surface area contributed by atoms with Crippen LogP contribution in [0.15, 0.2) is 18.2 Å². The summed E-state index contributed by atoms with van der Waals surface area (Å²) >= 11 is 7.72. The van der Waals surface area contributed by atoms with Crippen LogP contribution in [0.5, 0.6) is 0 Å². The predicted octanol–water partition coefficient (Wildman–Crippen LogP) is 4.23. The molecule has 0 fully saturated rings. The average molecular weight is 296 g/mol. The van der Waals surface area contributed by atoms with Crippen LogP contribution in [0.1, 0.15) is 36.9 Å². The third-order valence-electron chi connectivity index (χ3n) is 2.89. The minimum Gasteiger partial charge on any atom is -0.308 e. The van der Waals surface area contributed by atoms with Gasteiger partial charge in [0.25, 0.3) is 0 Å². The highest BCUT2D eigenvalue weighted by molar-refractivity contribution is 7.14. The third kappa shape index (κ3) is 3.53. The number of hydrogen-bond donors (Lipinski definition) is 1. The van der Waals surface area contributed by atoms with Crippen molar-refractivity contribution >= 4 is 22.9 Å². The summed E-state index contributed by atoms with van der Waals surface area (Å²) in [7, 11) is 0. The fourth-order valence-electron chi connectivity index (χ4n) is 2.00. The largest absolute Gasteiger partial charge is 0.308 e. The molecule has 19 heavy (non-hydrogen) atoms. The van der Waals surface area contributed by atoms with Crippen molar-refractivity contribution in [3.05, 3.63) is 33.8 Å². The van der Waals surface area contributed by atoms with Gasteiger partial charge in [-0.3, -0.25) is 0 Å². The molecule has 5 heteroatoms. The van der Waals surface area contributed by atoms with Crippen molar-refractivity contribution in [1.29, 1.82) is 0 Å². The molecule has 1 N–H and O–H groups in total. The van der Waals surface area contributed by atoms with Gasteiger partial charge in [-0.15, -0.1) is 10.2 Å². The van der Waals surface area contributed by atoms with Gasteiger partial charge in [0, 0.05) is 10.6 Å². The molecule has 0 aliphatic heterocycles. The van der Waals surface area contributed by atoms with E-state index < -0.39 is 0 Å². The minimum absolute atomic E-state index is 0.288. The van der Waals surface area contributed by atoms with Gasteiger partial charge in [0.05, 0.1) is 6.04 Å². The van der Waals surface area contributed by atoms with Crippen LogP contribution in [0, 0.1) is 6.92 Å². The zero-order valence-electron chi connectivity index (χ0n) is 11.4. The molecule has 0 aliphatic carbocycles. The Morgan fingerprint density at radius 3 is 2.68 bits per heavy atom. The fraction of sp³-hybridized carbons (Fsp3) is 0.429. The summed E-state index contributed by atoms with van der Waals surface area (Å²) in [6.45, 7) is 7.22. The van der Waals surface area contributed by atoms with E-state index in [4.69, 9.17) is 11.6 Å². The number of benzene rings is 1. The van der Waals surface area contributed by atoms with Crippen molar-refractivity contribution in [3.63, 3.8) is 0 Å². The lowest BCUT2D eigenvalue weighted by molar-refractivity contribution is 0.531. The summed E-state index contributed by atoms with van der Waals surface area (Å²) in [4.78, 5) is 0. The maximum atomic E-state index is 6.09. The topological polar surface area (TPSA) is 37.8 Å². The third-order valence-corrected chi connectivity index (χ3v) is 4.19. The molecule has 0 amide bonds. The molecule has 3 nitrogen and oxygen atoms in total. The predicted molar refractivity (Wildman–Crippen MR) is 81.8 cm³/mol. The van der Waals surface area contributed by atoms with E-state index in [-0.39, 0.29) is 6.04 Å². The van der Waals surface area contributed by atoms with Crippen LogP contribution in [0.4, 0.5) is 0 Å². The van der Waals surface area contributed by atoms with Gasteiger partial charge in [-0.2, -0.15) is 0 Å². The summed E-state index contributed by atoms with van der Waals surface area (Å²) in [6, 6.07) is 6.26. The van der Waals surface area contributed by atoms with Gasteiger partial charge in [-0.1, -0.05) is 36.8 Å². The molecule has 1 unspecified atom stereocenters. The number of aryl methyl sites for hydroxylation is 1. The molecule has 0 bridgehead atoms. The highest BCUT2D eigenvalue weighted by Gasteiger charge is 2.15. The van der Waals surface area contributed by atoms with Crippen molar-refractivity contribution in [2.24, 2.45) is 0 Å². The van der Waals surface area contributed by atoms with Crippen LogP contribution < -0.4 is 5.32 Å². The summed E-state index contributed by atoms with van der Waals surface area (Å²) in [6.07, 6.45) is 1.01. The summed E-state index contributed by atoms with van der Waals surface area (Å²) in [5.74, 6) is 0. The van der Waals surface area contributed by atoms with Gasteiger partial charge in [-0.25, -0.2) is 0 Å². The zero-order chi connectivity index (χ0) is 13.8. The summed E-state index contributed by atoms with van der Waals surface area (Å²) in [5, 5.41) is 14.7. The van der Waals surface area contributed by atoms with Crippen LogP contribution in [0.25, 0.3) is 10.6 Å². The molecule has 0 aliphatic rings. The zero-order valence-corrected chi connectivity index (χ0v) is 13.0. The second-order valence-corrected chi connectivity index (χ2v) is 5.93. The number of nitrogens with one attached hydrogen (secondary N) is 1. The minimum atomic E-state index is 0.288. The number of hydrogen-bond acceptors (Lipinski definition) is 4. The molecule has 0 radical (unpaired) electrons. The van der Waals surface area contributed by atoms with E-state index in [1.165, 1.54) is 0 Å². The second kappa shape index (κ2) is 6.46. The molecule has 1 atom stereocenters. The van der Waals surface area contributed by atoms with Crippen molar-refractivity contribution < 1.29 is 0 Å². The van der Waals surface area contributed by atoms with Gasteiger partial charge in [0.2, 0.25) is 0 Å². The van der Waals surface area contributed by atoms with E-state index in [0.717, 1.165) is 39.1 Å². The van der Waals surface area contributed by atoms with Gasteiger partial charge in [-0.05, 0) is 43.7 Å². The second-order valence-electron chi connectivity index (χ2n) is 4.48. The molecule has 0 saturated carbocycles. The Kier molecular flexibility index (Phi) is 4.91. The van der Waals surface area contributed by atoms with Crippen molar-refractivity contribution in [1.82, 2.24) is 15.5 Å². The van der Waals surface area contributed by atoms with E-state index in [1.54, 1.807) is 11.3 Å². The van der Waals surface area contributed by atoms with Crippen LogP contribution in [0.2, 0.25) is 5.02 Å². The Morgan fingerprint density at radius 2 is 2.05 bits per heavy atom. The lowest BCUT2D eigenvalue weighted by Crippen LogP contribution is -2.19. The molecular weight excluding hydrogens is 278 g/mol. The SMILES string of the molecule is CCNC(CC)c1nnc(-c2cc(C)cc(Cl)c2)s1. The van der Waals surface area contributed by atoms with Crippen molar-refractivity contribution in [2.75, 3.05) is 6.54 Å². The van der Waals surface area contributed by atoms with Crippen molar-refractivity contribution in [3.8, 4) is 10.6 Å². The Balaban J connectivity index is 2.29. The maximum absolute atomic E-state index is 6.09. The van der Waals surface area contributed by atoms with Crippen LogP contribution in [-0.2, 0) is 0 Å². The van der Waals surface area contributed by atoms with Gasteiger partial charge in [0.1, 0.15) is 10.0 Å². The molecule has 1 heterocycles. The molecule has 2 aromatic rings. The van der Waals surface area contributed by atoms with Crippen LogP contribution in [-0.4, -0.2) is 16.7 Å².